The first-order valence-electron chi connectivity index (χ1n) is 10.8. The van der Waals surface area contributed by atoms with Crippen LogP contribution < -0.4 is 9.47 Å². The first kappa shape index (κ1) is 25.1. The Kier molecular flexibility index (Phi) is 7.65. The molecule has 1 heterocycles. The maximum absolute atomic E-state index is 13.3. The number of ether oxygens (including phenoxy) is 4. The molecular formula is C23H30Cl2O7. The number of aliphatic hydroxyl groups excluding tert-OH is 1. The highest BCUT2D eigenvalue weighted by Crippen LogP contribution is 2.47. The first-order valence-corrected chi connectivity index (χ1v) is 11.5. The fourth-order valence-electron chi connectivity index (χ4n) is 4.82. The molecule has 9 heteroatoms. The topological polar surface area (TPSA) is 91.3 Å². The smallest absolute Gasteiger partial charge is 0.343 e. The lowest BCUT2D eigenvalue weighted by molar-refractivity contribution is -0.186. The molecule has 0 radical (unpaired) electrons. The van der Waals surface area contributed by atoms with Gasteiger partial charge in [-0.1, -0.05) is 36.5 Å². The van der Waals surface area contributed by atoms with E-state index in [4.69, 9.17) is 42.1 Å². The van der Waals surface area contributed by atoms with Gasteiger partial charge in [-0.2, -0.15) is 0 Å². The van der Waals surface area contributed by atoms with Crippen LogP contribution in [0.25, 0.3) is 0 Å². The zero-order chi connectivity index (χ0) is 23.8. The average Bonchev–Trinajstić information content (AvgIpc) is 2.75. The van der Waals surface area contributed by atoms with Crippen LogP contribution in [0.4, 0.5) is 0 Å². The highest BCUT2D eigenvalue weighted by atomic mass is 35.5. The Morgan fingerprint density at radius 1 is 1.22 bits per heavy atom. The molecule has 1 saturated heterocycles. The van der Waals surface area contributed by atoms with E-state index < -0.39 is 17.7 Å². The van der Waals surface area contributed by atoms with Crippen LogP contribution in [0.15, 0.2) is 0 Å². The second-order valence-corrected chi connectivity index (χ2v) is 9.42. The Balaban J connectivity index is 1.91. The van der Waals surface area contributed by atoms with E-state index in [0.717, 1.165) is 12.8 Å². The van der Waals surface area contributed by atoms with Gasteiger partial charge in [-0.3, -0.25) is 4.79 Å². The van der Waals surface area contributed by atoms with Crippen LogP contribution >= 0.6 is 23.2 Å². The van der Waals surface area contributed by atoms with Gasteiger partial charge in [-0.05, 0) is 38.2 Å². The van der Waals surface area contributed by atoms with E-state index in [1.807, 2.05) is 0 Å². The zero-order valence-corrected chi connectivity index (χ0v) is 20.5. The van der Waals surface area contributed by atoms with Gasteiger partial charge in [0.2, 0.25) is 0 Å². The van der Waals surface area contributed by atoms with Gasteiger partial charge in [0.05, 0.1) is 32.0 Å². The van der Waals surface area contributed by atoms with Crippen molar-refractivity contribution >= 4 is 35.0 Å². The first-order chi connectivity index (χ1) is 15.1. The SMILES string of the molecule is CCC[C@@H]1C[C@@H]2CC(=O)[C@](C)(OC(=O)c3c(C)c(Cl)c(OC)c(Cl)c3OC)[C@@H](O)[C@@H]2CO1. The summed E-state index contributed by atoms with van der Waals surface area (Å²) in [6.45, 7) is 5.45. The van der Waals surface area contributed by atoms with Gasteiger partial charge in [0.1, 0.15) is 16.7 Å². The molecule has 0 bridgehead atoms. The van der Waals surface area contributed by atoms with Gasteiger partial charge >= 0.3 is 5.97 Å². The molecule has 0 aromatic heterocycles. The Morgan fingerprint density at radius 2 is 1.88 bits per heavy atom. The molecule has 0 amide bonds. The van der Waals surface area contributed by atoms with Crippen LogP contribution in [0.1, 0.15) is 55.5 Å². The Bertz CT molecular complexity index is 903. The third kappa shape index (κ3) is 4.20. The summed E-state index contributed by atoms with van der Waals surface area (Å²) in [5.41, 5.74) is -1.41. The van der Waals surface area contributed by atoms with Crippen molar-refractivity contribution in [1.82, 2.24) is 0 Å². The van der Waals surface area contributed by atoms with Crippen LogP contribution in [0.3, 0.4) is 0 Å². The monoisotopic (exact) mass is 488 g/mol. The van der Waals surface area contributed by atoms with Crippen molar-refractivity contribution in [2.24, 2.45) is 11.8 Å². The quantitative estimate of drug-likeness (QED) is 0.593. The molecule has 1 N–H and O–H groups in total. The number of benzene rings is 1. The second-order valence-electron chi connectivity index (χ2n) is 8.67. The average molecular weight is 489 g/mol. The van der Waals surface area contributed by atoms with Crippen LogP contribution in [-0.2, 0) is 14.3 Å². The normalized spacial score (nSPS) is 29.9. The number of esters is 1. The molecule has 32 heavy (non-hydrogen) atoms. The van der Waals surface area contributed by atoms with E-state index in [2.05, 4.69) is 6.92 Å². The molecule has 5 atom stereocenters. The molecule has 1 aliphatic heterocycles. The predicted molar refractivity (Wildman–Crippen MR) is 120 cm³/mol. The summed E-state index contributed by atoms with van der Waals surface area (Å²) in [7, 11) is 2.75. The van der Waals surface area contributed by atoms with E-state index in [0.29, 0.717) is 18.6 Å². The maximum atomic E-state index is 13.3. The van der Waals surface area contributed by atoms with Crippen LogP contribution in [0.5, 0.6) is 11.5 Å². The summed E-state index contributed by atoms with van der Waals surface area (Å²) in [6, 6.07) is 0. The molecule has 1 aromatic carbocycles. The van der Waals surface area contributed by atoms with E-state index in [9.17, 15) is 14.7 Å². The van der Waals surface area contributed by atoms with Gasteiger partial charge < -0.3 is 24.1 Å². The number of aliphatic hydroxyl groups is 1. The largest absolute Gasteiger partial charge is 0.494 e. The minimum absolute atomic E-state index is 0.00396. The lowest BCUT2D eigenvalue weighted by Gasteiger charge is -2.48. The lowest BCUT2D eigenvalue weighted by Crippen LogP contribution is -2.61. The van der Waals surface area contributed by atoms with Gasteiger partial charge in [-0.15, -0.1) is 0 Å². The van der Waals surface area contributed by atoms with Gasteiger partial charge in [-0.25, -0.2) is 4.79 Å². The van der Waals surface area contributed by atoms with Crippen molar-refractivity contribution in [3.8, 4) is 11.5 Å². The van der Waals surface area contributed by atoms with Crippen molar-refractivity contribution in [1.29, 1.82) is 0 Å². The number of Topliss-reactive ketones (excluding diaryl/α,β-unsaturated/α-hetero) is 1. The lowest BCUT2D eigenvalue weighted by atomic mass is 9.66. The number of fused-ring (bicyclic) bond motifs is 1. The number of hydrogen-bond acceptors (Lipinski definition) is 7. The van der Waals surface area contributed by atoms with Crippen LogP contribution in [0, 0.1) is 18.8 Å². The van der Waals surface area contributed by atoms with E-state index in [1.165, 1.54) is 21.1 Å². The summed E-state index contributed by atoms with van der Waals surface area (Å²) in [5, 5.41) is 11.3. The fourth-order valence-corrected chi connectivity index (χ4v) is 5.48. The standard InChI is InChI=1S/C23H30Cl2O7/c1-6-7-13-8-12-9-15(26)23(3,21(27)14(12)10-31-13)32-22(28)16-11(2)17(24)20(30-5)18(25)19(16)29-4/h12-14,21,27H,6-10H2,1-5H3/t12-,13-,14-,21+,23+/m1/s1. The summed E-state index contributed by atoms with van der Waals surface area (Å²) in [5.74, 6) is -1.29. The zero-order valence-electron chi connectivity index (χ0n) is 19.0. The van der Waals surface area contributed by atoms with Gasteiger partial charge in [0.15, 0.2) is 22.9 Å². The molecule has 0 spiro atoms. The Morgan fingerprint density at radius 3 is 2.47 bits per heavy atom. The summed E-state index contributed by atoms with van der Waals surface area (Å²) in [6.07, 6.45) is 1.72. The highest BCUT2D eigenvalue weighted by molar-refractivity contribution is 6.39. The number of carbonyl (C=O) groups is 2. The molecular weight excluding hydrogens is 459 g/mol. The molecule has 2 aliphatic rings. The van der Waals surface area contributed by atoms with Gasteiger partial charge in [0, 0.05) is 12.3 Å². The molecule has 0 unspecified atom stereocenters. The molecule has 178 valence electrons. The van der Waals surface area contributed by atoms with Crippen molar-refractivity contribution in [3.05, 3.63) is 21.2 Å². The third-order valence-corrected chi connectivity index (χ3v) is 7.52. The Hall–Kier alpha value is -1.54. The highest BCUT2D eigenvalue weighted by Gasteiger charge is 2.56. The van der Waals surface area contributed by atoms with Crippen molar-refractivity contribution in [2.75, 3.05) is 20.8 Å². The molecule has 1 saturated carbocycles. The summed E-state index contributed by atoms with van der Waals surface area (Å²) in [4.78, 5) is 26.4. The third-order valence-electron chi connectivity index (χ3n) is 6.72. The number of hydrogen-bond donors (Lipinski definition) is 1. The molecule has 2 fully saturated rings. The van der Waals surface area contributed by atoms with Gasteiger partial charge in [0.25, 0.3) is 0 Å². The van der Waals surface area contributed by atoms with Crippen LogP contribution in [0.2, 0.25) is 10.0 Å². The van der Waals surface area contributed by atoms with Crippen molar-refractivity contribution in [3.63, 3.8) is 0 Å². The molecule has 1 aliphatic carbocycles. The van der Waals surface area contributed by atoms with Crippen LogP contribution in [-0.4, -0.2) is 55.5 Å². The maximum Gasteiger partial charge on any atom is 0.343 e. The van der Waals surface area contributed by atoms with E-state index >= 15 is 0 Å². The minimum Gasteiger partial charge on any atom is -0.494 e. The molecule has 3 rings (SSSR count). The number of ketones is 1. The predicted octanol–water partition coefficient (Wildman–Crippen LogP) is 4.39. The van der Waals surface area contributed by atoms with E-state index in [1.54, 1.807) is 6.92 Å². The number of methoxy groups -OCH3 is 2. The summed E-state index contributed by atoms with van der Waals surface area (Å²) < 4.78 is 22.1. The second kappa shape index (κ2) is 9.75. The van der Waals surface area contributed by atoms with E-state index in [-0.39, 0.29) is 57.3 Å². The number of carbonyl (C=O) groups excluding carboxylic acids is 2. The minimum atomic E-state index is -1.73. The molecule has 7 nitrogen and oxygen atoms in total. The number of rotatable bonds is 6. The van der Waals surface area contributed by atoms with Crippen molar-refractivity contribution in [2.45, 2.75) is 64.3 Å². The Labute approximate surface area is 198 Å². The fraction of sp³-hybridized carbons (Fsp3) is 0.652. The molecule has 1 aromatic rings. The van der Waals surface area contributed by atoms with Crippen molar-refractivity contribution < 1.29 is 33.6 Å². The summed E-state index contributed by atoms with van der Waals surface area (Å²) >= 11 is 12.7. The number of halogens is 2.